The minimum absolute atomic E-state index is 0.188. The summed E-state index contributed by atoms with van der Waals surface area (Å²) in [6.45, 7) is 4.69. The molecule has 2 rings (SSSR count). The molecule has 0 saturated carbocycles. The number of rotatable bonds is 2. The van der Waals surface area contributed by atoms with Gasteiger partial charge in [-0.3, -0.25) is 15.6 Å². The van der Waals surface area contributed by atoms with Crippen LogP contribution in [-0.2, 0) is 9.53 Å². The first-order chi connectivity index (χ1) is 9.54. The standard InChI is InChI=1S/C14H19N3O2S/c1-9-6-10(2)8-11(7-9)15-14(20)17-16-13(18)12-4-3-5-19-12/h6-8,12H,3-5H2,1-2H3,(H,16,18)(H2,15,17,20)/t12-/m0/s1. The maximum Gasteiger partial charge on any atom is 0.267 e. The van der Waals surface area contributed by atoms with E-state index in [0.29, 0.717) is 11.7 Å². The number of hydrazine groups is 1. The van der Waals surface area contributed by atoms with E-state index >= 15 is 0 Å². The highest BCUT2D eigenvalue weighted by atomic mass is 32.1. The maximum absolute atomic E-state index is 11.7. The minimum atomic E-state index is -0.369. The number of ether oxygens (including phenoxy) is 1. The van der Waals surface area contributed by atoms with Crippen molar-refractivity contribution in [2.24, 2.45) is 0 Å². The van der Waals surface area contributed by atoms with Gasteiger partial charge in [-0.1, -0.05) is 6.07 Å². The summed E-state index contributed by atoms with van der Waals surface area (Å²) >= 11 is 5.14. The third-order valence-electron chi connectivity index (χ3n) is 3.00. The summed E-state index contributed by atoms with van der Waals surface area (Å²) in [5.41, 5.74) is 8.44. The lowest BCUT2D eigenvalue weighted by Crippen LogP contribution is -2.47. The van der Waals surface area contributed by atoms with Gasteiger partial charge in [-0.2, -0.15) is 0 Å². The SMILES string of the molecule is Cc1cc(C)cc(NC(=S)NNC(=O)[C@@H]2CCCO2)c1. The van der Waals surface area contributed by atoms with Crippen molar-refractivity contribution in [1.82, 2.24) is 10.9 Å². The van der Waals surface area contributed by atoms with Gasteiger partial charge in [0.15, 0.2) is 5.11 Å². The molecule has 1 fully saturated rings. The molecule has 1 aromatic carbocycles. The van der Waals surface area contributed by atoms with Gasteiger partial charge in [-0.25, -0.2) is 0 Å². The molecule has 3 N–H and O–H groups in total. The van der Waals surface area contributed by atoms with Crippen LogP contribution in [0.15, 0.2) is 18.2 Å². The molecule has 6 heteroatoms. The van der Waals surface area contributed by atoms with Gasteiger partial charge in [0.25, 0.3) is 5.91 Å². The van der Waals surface area contributed by atoms with E-state index in [2.05, 4.69) is 22.2 Å². The molecule has 0 aromatic heterocycles. The van der Waals surface area contributed by atoms with Gasteiger partial charge in [0.1, 0.15) is 6.10 Å². The Labute approximate surface area is 124 Å². The predicted octanol–water partition coefficient (Wildman–Crippen LogP) is 1.80. The average molecular weight is 293 g/mol. The van der Waals surface area contributed by atoms with Crippen LogP contribution in [0.3, 0.4) is 0 Å². The monoisotopic (exact) mass is 293 g/mol. The van der Waals surface area contributed by atoms with E-state index in [-0.39, 0.29) is 12.0 Å². The average Bonchev–Trinajstić information content (AvgIpc) is 2.88. The number of aryl methyl sites for hydroxylation is 2. The molecule has 1 amide bonds. The number of hydrogen-bond donors (Lipinski definition) is 3. The molecule has 0 unspecified atom stereocenters. The van der Waals surface area contributed by atoms with Crippen molar-refractivity contribution in [1.29, 1.82) is 0 Å². The molecule has 1 aliphatic rings. The first kappa shape index (κ1) is 14.7. The fourth-order valence-corrected chi connectivity index (χ4v) is 2.36. The summed E-state index contributed by atoms with van der Waals surface area (Å²) in [6, 6.07) is 6.06. The van der Waals surface area contributed by atoms with Crippen LogP contribution >= 0.6 is 12.2 Å². The fourth-order valence-electron chi connectivity index (χ4n) is 2.19. The molecule has 0 bridgehead atoms. The van der Waals surface area contributed by atoms with Crippen molar-refractivity contribution in [3.8, 4) is 0 Å². The summed E-state index contributed by atoms with van der Waals surface area (Å²) < 4.78 is 5.28. The van der Waals surface area contributed by atoms with Crippen LogP contribution in [0.25, 0.3) is 0 Å². The van der Waals surface area contributed by atoms with Crippen LogP contribution in [0.5, 0.6) is 0 Å². The Morgan fingerprint density at radius 1 is 1.25 bits per heavy atom. The zero-order valence-corrected chi connectivity index (χ0v) is 12.5. The zero-order valence-electron chi connectivity index (χ0n) is 11.7. The molecule has 20 heavy (non-hydrogen) atoms. The van der Waals surface area contributed by atoms with Crippen LogP contribution in [0.4, 0.5) is 5.69 Å². The van der Waals surface area contributed by atoms with Crippen LogP contribution in [-0.4, -0.2) is 23.7 Å². The molecule has 1 heterocycles. The first-order valence-electron chi connectivity index (χ1n) is 6.61. The van der Waals surface area contributed by atoms with Crippen molar-refractivity contribution < 1.29 is 9.53 Å². The van der Waals surface area contributed by atoms with E-state index in [9.17, 15) is 4.79 Å². The van der Waals surface area contributed by atoms with Crippen LogP contribution in [0.1, 0.15) is 24.0 Å². The molecular weight excluding hydrogens is 274 g/mol. The van der Waals surface area contributed by atoms with Gasteiger partial charge in [0.05, 0.1) is 0 Å². The number of thiocarbonyl (C=S) groups is 1. The van der Waals surface area contributed by atoms with E-state index in [4.69, 9.17) is 17.0 Å². The Kier molecular flexibility index (Phi) is 4.92. The lowest BCUT2D eigenvalue weighted by atomic mass is 10.1. The van der Waals surface area contributed by atoms with E-state index in [1.54, 1.807) is 0 Å². The van der Waals surface area contributed by atoms with Crippen LogP contribution in [0, 0.1) is 13.8 Å². The Hall–Kier alpha value is -1.66. The van der Waals surface area contributed by atoms with Gasteiger partial charge < -0.3 is 10.1 Å². The lowest BCUT2D eigenvalue weighted by Gasteiger charge is -2.14. The molecule has 1 aliphatic heterocycles. The molecular formula is C14H19N3O2S. The second kappa shape index (κ2) is 6.67. The summed E-state index contributed by atoms with van der Waals surface area (Å²) in [5.74, 6) is -0.188. The van der Waals surface area contributed by atoms with Crippen LogP contribution in [0.2, 0.25) is 0 Å². The number of benzene rings is 1. The van der Waals surface area contributed by atoms with E-state index < -0.39 is 0 Å². The van der Waals surface area contributed by atoms with Crippen molar-refractivity contribution in [2.45, 2.75) is 32.8 Å². The topological polar surface area (TPSA) is 62.4 Å². The van der Waals surface area contributed by atoms with Crippen molar-refractivity contribution in [3.05, 3.63) is 29.3 Å². The Bertz CT molecular complexity index is 493. The third kappa shape index (κ3) is 4.18. The number of anilines is 1. The third-order valence-corrected chi connectivity index (χ3v) is 3.21. The normalized spacial score (nSPS) is 17.6. The fraction of sp³-hybridized carbons (Fsp3) is 0.429. The largest absolute Gasteiger partial charge is 0.368 e. The van der Waals surface area contributed by atoms with E-state index in [1.165, 1.54) is 0 Å². The molecule has 108 valence electrons. The second-order valence-corrected chi connectivity index (χ2v) is 5.35. The van der Waals surface area contributed by atoms with Crippen molar-refractivity contribution in [2.75, 3.05) is 11.9 Å². The van der Waals surface area contributed by atoms with Gasteiger partial charge >= 0.3 is 0 Å². The maximum atomic E-state index is 11.7. The minimum Gasteiger partial charge on any atom is -0.368 e. The Balaban J connectivity index is 1.81. The molecule has 0 radical (unpaired) electrons. The second-order valence-electron chi connectivity index (χ2n) is 4.95. The van der Waals surface area contributed by atoms with E-state index in [1.807, 2.05) is 26.0 Å². The number of carbonyl (C=O) groups is 1. The number of hydrogen-bond acceptors (Lipinski definition) is 3. The first-order valence-corrected chi connectivity index (χ1v) is 7.02. The molecule has 5 nitrogen and oxygen atoms in total. The van der Waals surface area contributed by atoms with E-state index in [0.717, 1.165) is 29.7 Å². The predicted molar refractivity (Wildman–Crippen MR) is 82.4 cm³/mol. The molecule has 1 atom stereocenters. The molecule has 0 spiro atoms. The summed E-state index contributed by atoms with van der Waals surface area (Å²) in [4.78, 5) is 11.7. The number of carbonyl (C=O) groups excluding carboxylic acids is 1. The van der Waals surface area contributed by atoms with Gasteiger partial charge in [0, 0.05) is 12.3 Å². The Morgan fingerprint density at radius 2 is 1.95 bits per heavy atom. The van der Waals surface area contributed by atoms with Gasteiger partial charge in [-0.05, 0) is 62.2 Å². The lowest BCUT2D eigenvalue weighted by molar-refractivity contribution is -0.130. The zero-order chi connectivity index (χ0) is 14.5. The van der Waals surface area contributed by atoms with Gasteiger partial charge in [0.2, 0.25) is 0 Å². The molecule has 0 aliphatic carbocycles. The number of amides is 1. The highest BCUT2D eigenvalue weighted by Gasteiger charge is 2.23. The highest BCUT2D eigenvalue weighted by molar-refractivity contribution is 7.80. The highest BCUT2D eigenvalue weighted by Crippen LogP contribution is 2.13. The summed E-state index contributed by atoms with van der Waals surface area (Å²) in [6.07, 6.45) is 1.31. The van der Waals surface area contributed by atoms with Crippen molar-refractivity contribution in [3.63, 3.8) is 0 Å². The van der Waals surface area contributed by atoms with Crippen molar-refractivity contribution >= 4 is 28.9 Å². The number of nitrogens with one attached hydrogen (secondary N) is 3. The summed E-state index contributed by atoms with van der Waals surface area (Å²) in [7, 11) is 0. The summed E-state index contributed by atoms with van der Waals surface area (Å²) in [5, 5.41) is 3.38. The molecule has 1 saturated heterocycles. The van der Waals surface area contributed by atoms with Gasteiger partial charge in [-0.15, -0.1) is 0 Å². The Morgan fingerprint density at radius 3 is 2.55 bits per heavy atom. The van der Waals surface area contributed by atoms with Crippen LogP contribution < -0.4 is 16.2 Å². The molecule has 1 aromatic rings. The smallest absolute Gasteiger partial charge is 0.267 e. The quantitative estimate of drug-likeness (QED) is 0.573.